The first-order chi connectivity index (χ1) is 16.0. The predicted octanol–water partition coefficient (Wildman–Crippen LogP) is 6.45. The van der Waals surface area contributed by atoms with Crippen molar-refractivity contribution in [1.29, 1.82) is 0 Å². The lowest BCUT2D eigenvalue weighted by atomic mass is 10.1. The van der Waals surface area contributed by atoms with Crippen LogP contribution in [0.5, 0.6) is 0 Å². The number of hydrogen-bond acceptors (Lipinski definition) is 6. The van der Waals surface area contributed by atoms with Crippen LogP contribution in [0.25, 0.3) is 32.4 Å². The van der Waals surface area contributed by atoms with Gasteiger partial charge in [0.2, 0.25) is 0 Å². The van der Waals surface area contributed by atoms with Gasteiger partial charge in [0.25, 0.3) is 5.91 Å². The highest BCUT2D eigenvalue weighted by atomic mass is 32.1. The van der Waals surface area contributed by atoms with E-state index in [2.05, 4.69) is 10.3 Å². The van der Waals surface area contributed by atoms with Crippen molar-refractivity contribution >= 4 is 49.2 Å². The normalized spacial score (nSPS) is 11.1. The minimum absolute atomic E-state index is 0.247. The summed E-state index contributed by atoms with van der Waals surface area (Å²) in [5.74, 6) is 0.545. The molecule has 1 amide bonds. The summed E-state index contributed by atoms with van der Waals surface area (Å²) in [4.78, 5) is 30.9. The molecule has 0 atom stereocenters. The standard InChI is InChI=1S/C26H20N2O4S/c1-3-31-26(30)23-17-9-5-7-11-22(17)33-25(23)28-24(29)18-14-20(21-13-12-15(2)32-21)27-19-10-6-4-8-16(18)19/h4-14H,3H2,1-2H3,(H,28,29). The number of nitrogens with zero attached hydrogens (tertiary/aromatic N) is 1. The van der Waals surface area contributed by atoms with E-state index >= 15 is 0 Å². The zero-order valence-electron chi connectivity index (χ0n) is 18.0. The number of anilines is 1. The molecule has 5 aromatic rings. The summed E-state index contributed by atoms with van der Waals surface area (Å²) in [6.45, 7) is 3.86. The maximum absolute atomic E-state index is 13.5. The number of ether oxygens (including phenoxy) is 1. The summed E-state index contributed by atoms with van der Waals surface area (Å²) in [7, 11) is 0. The van der Waals surface area contributed by atoms with E-state index in [0.717, 1.165) is 15.8 Å². The van der Waals surface area contributed by atoms with Gasteiger partial charge in [0.1, 0.15) is 22.0 Å². The monoisotopic (exact) mass is 456 g/mol. The van der Waals surface area contributed by atoms with E-state index in [9.17, 15) is 9.59 Å². The van der Waals surface area contributed by atoms with Crippen molar-refractivity contribution in [3.63, 3.8) is 0 Å². The van der Waals surface area contributed by atoms with Gasteiger partial charge in [-0.1, -0.05) is 36.4 Å². The smallest absolute Gasteiger partial charge is 0.341 e. The second-order valence-electron chi connectivity index (χ2n) is 7.46. The van der Waals surface area contributed by atoms with Crippen LogP contribution >= 0.6 is 11.3 Å². The fraction of sp³-hybridized carbons (Fsp3) is 0.115. The largest absolute Gasteiger partial charge is 0.462 e. The Morgan fingerprint density at radius 1 is 1.03 bits per heavy atom. The minimum Gasteiger partial charge on any atom is -0.462 e. The Morgan fingerprint density at radius 2 is 1.79 bits per heavy atom. The molecule has 0 radical (unpaired) electrons. The second kappa shape index (κ2) is 8.52. The molecule has 0 aliphatic heterocycles. The molecule has 0 saturated carbocycles. The van der Waals surface area contributed by atoms with Gasteiger partial charge < -0.3 is 14.5 Å². The molecule has 0 aliphatic rings. The van der Waals surface area contributed by atoms with Crippen LogP contribution in [0, 0.1) is 6.92 Å². The van der Waals surface area contributed by atoms with Gasteiger partial charge in [-0.2, -0.15) is 0 Å². The van der Waals surface area contributed by atoms with Gasteiger partial charge in [-0.05, 0) is 44.2 Å². The van der Waals surface area contributed by atoms with E-state index in [1.165, 1.54) is 11.3 Å². The molecule has 3 heterocycles. The molecule has 0 fully saturated rings. The number of carbonyl (C=O) groups is 2. The van der Waals surface area contributed by atoms with Gasteiger partial charge in [-0.15, -0.1) is 11.3 Å². The van der Waals surface area contributed by atoms with Gasteiger partial charge in [0, 0.05) is 15.5 Å². The molecule has 0 bridgehead atoms. The lowest BCUT2D eigenvalue weighted by Crippen LogP contribution is -2.15. The highest BCUT2D eigenvalue weighted by molar-refractivity contribution is 7.23. The predicted molar refractivity (Wildman–Crippen MR) is 130 cm³/mol. The van der Waals surface area contributed by atoms with Crippen molar-refractivity contribution in [2.24, 2.45) is 0 Å². The molecule has 33 heavy (non-hydrogen) atoms. The number of esters is 1. The summed E-state index contributed by atoms with van der Waals surface area (Å²) < 4.78 is 11.9. The number of aryl methyl sites for hydroxylation is 1. The van der Waals surface area contributed by atoms with Crippen molar-refractivity contribution in [3.8, 4) is 11.5 Å². The van der Waals surface area contributed by atoms with Crippen LogP contribution in [-0.4, -0.2) is 23.5 Å². The molecule has 0 saturated heterocycles. The van der Waals surface area contributed by atoms with Crippen LogP contribution < -0.4 is 5.32 Å². The number of amides is 1. The molecule has 6 nitrogen and oxygen atoms in total. The quantitative estimate of drug-likeness (QED) is 0.308. The molecule has 164 valence electrons. The number of rotatable bonds is 5. The third kappa shape index (κ3) is 3.87. The average molecular weight is 457 g/mol. The summed E-state index contributed by atoms with van der Waals surface area (Å²) >= 11 is 1.34. The number of para-hydroxylation sites is 1. The third-order valence-corrected chi connectivity index (χ3v) is 6.34. The summed E-state index contributed by atoms with van der Waals surface area (Å²) in [5.41, 5.74) is 2.05. The van der Waals surface area contributed by atoms with Crippen LogP contribution in [0.1, 0.15) is 33.4 Å². The number of nitrogens with one attached hydrogen (secondary N) is 1. The molecule has 0 aliphatic carbocycles. The molecule has 3 aromatic heterocycles. The minimum atomic E-state index is -0.461. The van der Waals surface area contributed by atoms with E-state index in [1.54, 1.807) is 13.0 Å². The number of benzene rings is 2. The van der Waals surface area contributed by atoms with Crippen molar-refractivity contribution in [1.82, 2.24) is 4.98 Å². The van der Waals surface area contributed by atoms with Crippen molar-refractivity contribution < 1.29 is 18.7 Å². The Kier molecular flexibility index (Phi) is 5.40. The van der Waals surface area contributed by atoms with E-state index in [1.807, 2.05) is 67.6 Å². The fourth-order valence-electron chi connectivity index (χ4n) is 3.77. The Labute approximate surface area is 193 Å². The number of fused-ring (bicyclic) bond motifs is 2. The number of carbonyl (C=O) groups excluding carboxylic acids is 2. The topological polar surface area (TPSA) is 81.4 Å². The van der Waals surface area contributed by atoms with Crippen LogP contribution in [0.2, 0.25) is 0 Å². The molecule has 0 spiro atoms. The zero-order valence-corrected chi connectivity index (χ0v) is 18.9. The van der Waals surface area contributed by atoms with Gasteiger partial charge in [0.15, 0.2) is 5.76 Å². The number of hydrogen-bond donors (Lipinski definition) is 1. The van der Waals surface area contributed by atoms with Crippen LogP contribution in [0.3, 0.4) is 0 Å². The van der Waals surface area contributed by atoms with E-state index in [0.29, 0.717) is 38.5 Å². The van der Waals surface area contributed by atoms with Crippen molar-refractivity contribution in [2.45, 2.75) is 13.8 Å². The molecular formula is C26H20N2O4S. The number of furan rings is 1. The van der Waals surface area contributed by atoms with Gasteiger partial charge in [0.05, 0.1) is 17.7 Å². The van der Waals surface area contributed by atoms with Crippen molar-refractivity contribution in [3.05, 3.63) is 83.6 Å². The van der Waals surface area contributed by atoms with Gasteiger partial charge >= 0.3 is 5.97 Å². The lowest BCUT2D eigenvalue weighted by Gasteiger charge is -2.10. The summed E-state index contributed by atoms with van der Waals surface area (Å²) in [6.07, 6.45) is 0. The average Bonchev–Trinajstić information content (AvgIpc) is 3.41. The van der Waals surface area contributed by atoms with E-state index < -0.39 is 5.97 Å². The third-order valence-electron chi connectivity index (χ3n) is 5.26. The second-order valence-corrected chi connectivity index (χ2v) is 8.51. The fourth-order valence-corrected chi connectivity index (χ4v) is 4.86. The summed E-state index contributed by atoms with van der Waals surface area (Å²) in [6, 6.07) is 20.4. The van der Waals surface area contributed by atoms with Crippen LogP contribution in [-0.2, 0) is 4.74 Å². The highest BCUT2D eigenvalue weighted by Crippen LogP contribution is 2.37. The van der Waals surface area contributed by atoms with Gasteiger partial charge in [-0.3, -0.25) is 4.79 Å². The maximum atomic E-state index is 13.5. The maximum Gasteiger partial charge on any atom is 0.341 e. The molecular weight excluding hydrogens is 436 g/mol. The molecule has 1 N–H and O–H groups in total. The Morgan fingerprint density at radius 3 is 2.55 bits per heavy atom. The SMILES string of the molecule is CCOC(=O)c1c(NC(=O)c2cc(-c3ccc(C)o3)nc3ccccc23)sc2ccccc12. The molecule has 7 heteroatoms. The van der Waals surface area contributed by atoms with E-state index in [4.69, 9.17) is 9.15 Å². The molecule has 5 rings (SSSR count). The van der Waals surface area contributed by atoms with Crippen LogP contribution in [0.15, 0.2) is 71.1 Å². The van der Waals surface area contributed by atoms with Crippen molar-refractivity contribution in [2.75, 3.05) is 11.9 Å². The first-order valence-electron chi connectivity index (χ1n) is 10.5. The highest BCUT2D eigenvalue weighted by Gasteiger charge is 2.23. The number of pyridine rings is 1. The van der Waals surface area contributed by atoms with Gasteiger partial charge in [-0.25, -0.2) is 9.78 Å². The van der Waals surface area contributed by atoms with E-state index in [-0.39, 0.29) is 12.5 Å². The molecule has 2 aromatic carbocycles. The zero-order chi connectivity index (χ0) is 22.9. The lowest BCUT2D eigenvalue weighted by molar-refractivity contribution is 0.0530. The number of thiophene rings is 1. The first-order valence-corrected chi connectivity index (χ1v) is 11.3. The Balaban J connectivity index is 1.61. The Bertz CT molecular complexity index is 1520. The first kappa shape index (κ1) is 20.9. The summed E-state index contributed by atoms with van der Waals surface area (Å²) in [5, 5.41) is 4.87. The molecule has 0 unspecified atom stereocenters. The number of aromatic nitrogens is 1. The van der Waals surface area contributed by atoms with Crippen LogP contribution in [0.4, 0.5) is 5.00 Å². The Hall–Kier alpha value is -3.97.